The van der Waals surface area contributed by atoms with E-state index in [1.54, 1.807) is 12.4 Å². The molecule has 0 atom stereocenters. The molecule has 0 heterocycles. The van der Waals surface area contributed by atoms with Crippen molar-refractivity contribution in [3.63, 3.8) is 0 Å². The van der Waals surface area contributed by atoms with Crippen molar-refractivity contribution in [3.8, 4) is 34.5 Å². The van der Waals surface area contributed by atoms with Gasteiger partial charge in [-0.05, 0) is 135 Å². The number of aliphatic hydroxyl groups is 2. The molecule has 7 rings (SSSR count). The molecular weight excluding hydrogens is 1020 g/mol. The molecule has 0 amide bonds. The summed E-state index contributed by atoms with van der Waals surface area (Å²) in [6.07, 6.45) is 4.68. The maximum Gasteiger partial charge on any atom is 0.129 e. The minimum atomic E-state index is -0.297. The van der Waals surface area contributed by atoms with Crippen LogP contribution in [0.5, 0.6) is 34.5 Å². The Morgan fingerprint density at radius 3 is 0.805 bits per heavy atom. The van der Waals surface area contributed by atoms with Crippen LogP contribution in [0.2, 0.25) is 0 Å². The second kappa shape index (κ2) is 23.9. The van der Waals surface area contributed by atoms with Gasteiger partial charge >= 0.3 is 0 Å². The SMILES string of the molecule is CC(C)(C)c1cc(C=NCCOc2c3cc(C(C)(C)C)cc2Cc2cc(C(C)(C)C)cc(c2O)Cc2cc(C(C)(C)C)cc(c2OCCN=Cc2cc(C(C)(C)C)cc(CO)c2O)Cc2cc(C(C)(C)C)cc(c2O)C3)c(O)c(CO)c1. The molecule has 0 fully saturated rings. The van der Waals surface area contributed by atoms with E-state index in [2.05, 4.69) is 173 Å². The van der Waals surface area contributed by atoms with Gasteiger partial charge in [-0.15, -0.1) is 0 Å². The van der Waals surface area contributed by atoms with Crippen LogP contribution in [0.25, 0.3) is 0 Å². The standard InChI is InChI=1S/C72H94N2O8/c1-67(2,3)55-27-43-23-47-31-57(69(7,8)9)33-49(65(47)81-21-19-73-39-51-35-59(71(13,14)15)37-53(41-75)63(51)79)25-45-29-56(68(4,5)6)30-46(62(45)78)26-50-34-58(70(10,11)12)32-48(24-44(28-55)61(43)77)66(50)82-22-20-74-40-52-36-60(72(16,17)18)38-54(42-76)64(52)80/h27-40,75-80H,19-26,41-42H2,1-18H3. The van der Waals surface area contributed by atoms with E-state index in [0.29, 0.717) is 59.4 Å². The van der Waals surface area contributed by atoms with Crippen LogP contribution in [0, 0.1) is 0 Å². The maximum atomic E-state index is 12.8. The molecule has 82 heavy (non-hydrogen) atoms. The second-order valence-electron chi connectivity index (χ2n) is 29.0. The summed E-state index contributed by atoms with van der Waals surface area (Å²) < 4.78 is 13.9. The van der Waals surface area contributed by atoms with Gasteiger partial charge in [-0.3, -0.25) is 9.98 Å². The van der Waals surface area contributed by atoms with E-state index in [9.17, 15) is 30.6 Å². The molecule has 0 saturated heterocycles. The Balaban J connectivity index is 1.41. The van der Waals surface area contributed by atoms with Gasteiger partial charge in [-0.1, -0.05) is 173 Å². The Labute approximate surface area is 490 Å². The summed E-state index contributed by atoms with van der Waals surface area (Å²) in [6, 6.07) is 24.9. The summed E-state index contributed by atoms with van der Waals surface area (Å²) in [4.78, 5) is 9.52. The van der Waals surface area contributed by atoms with Gasteiger partial charge in [0.1, 0.15) is 47.7 Å². The van der Waals surface area contributed by atoms with Gasteiger partial charge in [0.25, 0.3) is 0 Å². The van der Waals surface area contributed by atoms with E-state index in [0.717, 1.165) is 77.9 Å². The smallest absolute Gasteiger partial charge is 0.129 e. The molecule has 10 heteroatoms. The van der Waals surface area contributed by atoms with Crippen LogP contribution in [0.4, 0.5) is 0 Å². The predicted molar refractivity (Wildman–Crippen MR) is 336 cm³/mol. The van der Waals surface area contributed by atoms with Crippen LogP contribution in [0.15, 0.2) is 82.8 Å². The molecule has 6 N–H and O–H groups in total. The molecule has 8 bridgehead atoms. The van der Waals surface area contributed by atoms with E-state index in [-0.39, 0.29) is 95.0 Å². The number of ether oxygens (including phenoxy) is 2. The highest BCUT2D eigenvalue weighted by Crippen LogP contribution is 2.44. The highest BCUT2D eigenvalue weighted by molar-refractivity contribution is 5.85. The second-order valence-corrected chi connectivity index (χ2v) is 29.0. The lowest BCUT2D eigenvalue weighted by Gasteiger charge is -2.28. The van der Waals surface area contributed by atoms with E-state index in [1.807, 2.05) is 24.3 Å². The zero-order valence-corrected chi connectivity index (χ0v) is 52.5. The zero-order chi connectivity index (χ0) is 60.7. The molecule has 0 spiro atoms. The first-order valence-corrected chi connectivity index (χ1v) is 29.2. The minimum absolute atomic E-state index is 0.00155. The van der Waals surface area contributed by atoms with Gasteiger partial charge in [-0.2, -0.15) is 0 Å². The summed E-state index contributed by atoms with van der Waals surface area (Å²) in [5.41, 5.74) is 13.3. The van der Waals surface area contributed by atoms with Gasteiger partial charge in [0, 0.05) is 60.4 Å². The van der Waals surface area contributed by atoms with Crippen molar-refractivity contribution in [2.75, 3.05) is 26.3 Å². The average molecular weight is 1120 g/mol. The van der Waals surface area contributed by atoms with Crippen molar-refractivity contribution >= 4 is 12.4 Å². The highest BCUT2D eigenvalue weighted by atomic mass is 16.5. The maximum absolute atomic E-state index is 12.8. The van der Waals surface area contributed by atoms with Gasteiger partial charge in [0.15, 0.2) is 0 Å². The zero-order valence-electron chi connectivity index (χ0n) is 52.5. The molecular formula is C72H94N2O8. The molecule has 0 aliphatic heterocycles. The summed E-state index contributed by atoms with van der Waals surface area (Å²) >= 11 is 0. The third kappa shape index (κ3) is 14.8. The number of phenols is 4. The first-order valence-electron chi connectivity index (χ1n) is 29.2. The summed E-state index contributed by atoms with van der Waals surface area (Å²) in [6.45, 7) is 39.3. The van der Waals surface area contributed by atoms with Gasteiger partial charge in [0.2, 0.25) is 0 Å². The Hall–Kier alpha value is -6.62. The van der Waals surface area contributed by atoms with Crippen molar-refractivity contribution in [2.45, 2.75) is 196 Å². The van der Waals surface area contributed by atoms with E-state index in [1.165, 1.54) is 0 Å². The fraction of sp³-hybridized carbons (Fsp3) is 0.472. The average Bonchev–Trinajstić information content (AvgIpc) is 2.39. The molecule has 0 radical (unpaired) electrons. The first-order chi connectivity index (χ1) is 38.0. The Bertz CT molecular complexity index is 3050. The molecule has 0 aromatic heterocycles. The van der Waals surface area contributed by atoms with Crippen molar-refractivity contribution in [2.24, 2.45) is 9.98 Å². The fourth-order valence-electron chi connectivity index (χ4n) is 10.5. The Kier molecular flexibility index (Phi) is 18.4. The quantitative estimate of drug-likeness (QED) is 0.0520. The number of fused-ring (bicyclic) bond motifs is 8. The summed E-state index contributed by atoms with van der Waals surface area (Å²) in [5, 5.41) is 68.2. The van der Waals surface area contributed by atoms with Crippen LogP contribution in [0.3, 0.4) is 0 Å². The number of hydrogen-bond donors (Lipinski definition) is 6. The third-order valence-electron chi connectivity index (χ3n) is 15.9. The van der Waals surface area contributed by atoms with E-state index >= 15 is 0 Å². The van der Waals surface area contributed by atoms with Crippen LogP contribution in [-0.2, 0) is 71.4 Å². The van der Waals surface area contributed by atoms with Crippen molar-refractivity contribution in [1.82, 2.24) is 0 Å². The lowest BCUT2D eigenvalue weighted by atomic mass is 9.79. The van der Waals surface area contributed by atoms with Crippen molar-refractivity contribution in [1.29, 1.82) is 0 Å². The fourth-order valence-corrected chi connectivity index (χ4v) is 10.5. The number of aliphatic imine (C=N–C) groups is 2. The summed E-state index contributed by atoms with van der Waals surface area (Å²) in [5.74, 6) is 1.75. The number of rotatable bonds is 12. The molecule has 0 unspecified atom stereocenters. The van der Waals surface area contributed by atoms with E-state index in [4.69, 9.17) is 19.5 Å². The van der Waals surface area contributed by atoms with Crippen LogP contribution >= 0.6 is 0 Å². The molecule has 10 nitrogen and oxygen atoms in total. The van der Waals surface area contributed by atoms with Gasteiger partial charge in [-0.25, -0.2) is 0 Å². The molecule has 1 aliphatic rings. The number of aliphatic hydroxyl groups excluding tert-OH is 2. The largest absolute Gasteiger partial charge is 0.507 e. The van der Waals surface area contributed by atoms with Crippen molar-refractivity contribution < 1.29 is 40.1 Å². The number of nitrogens with zero attached hydrogens (tertiary/aromatic N) is 2. The molecule has 440 valence electrons. The van der Waals surface area contributed by atoms with Gasteiger partial charge in [0.05, 0.1) is 26.3 Å². The minimum Gasteiger partial charge on any atom is -0.507 e. The van der Waals surface area contributed by atoms with E-state index < -0.39 is 0 Å². The normalized spacial score (nSPS) is 13.8. The van der Waals surface area contributed by atoms with Crippen LogP contribution < -0.4 is 9.47 Å². The number of phenolic OH excluding ortho intramolecular Hbond substituents is 2. The van der Waals surface area contributed by atoms with Crippen LogP contribution in [-0.4, -0.2) is 69.4 Å². The molecule has 6 aromatic carbocycles. The Morgan fingerprint density at radius 1 is 0.341 bits per heavy atom. The Morgan fingerprint density at radius 2 is 0.573 bits per heavy atom. The molecule has 1 aliphatic carbocycles. The topological polar surface area (TPSA) is 165 Å². The lowest BCUT2D eigenvalue weighted by molar-refractivity contribution is 0.274. The monoisotopic (exact) mass is 1110 g/mol. The predicted octanol–water partition coefficient (Wildman–Crippen LogP) is 15.0. The lowest BCUT2D eigenvalue weighted by Crippen LogP contribution is -2.17. The summed E-state index contributed by atoms with van der Waals surface area (Å²) in [7, 11) is 0. The first kappa shape index (κ1) is 63.0. The highest BCUT2D eigenvalue weighted by Gasteiger charge is 2.29. The van der Waals surface area contributed by atoms with Crippen LogP contribution in [0.1, 0.15) is 225 Å². The third-order valence-corrected chi connectivity index (χ3v) is 15.9. The van der Waals surface area contributed by atoms with Gasteiger partial charge < -0.3 is 40.1 Å². The molecule has 6 aromatic rings. The number of hydrogen-bond acceptors (Lipinski definition) is 10. The van der Waals surface area contributed by atoms with Crippen molar-refractivity contribution in [3.05, 3.63) is 173 Å². The number of aromatic hydroxyl groups is 4. The number of benzene rings is 6. The molecule has 0 saturated carbocycles.